The minimum absolute atomic E-state index is 0.00617. The van der Waals surface area contributed by atoms with E-state index < -0.39 is 0 Å². The Hall–Kier alpha value is -2.90. The third-order valence-corrected chi connectivity index (χ3v) is 6.65. The quantitative estimate of drug-likeness (QED) is 0.443. The monoisotopic (exact) mass is 422 g/mol. The molecule has 0 saturated carbocycles. The molecule has 1 unspecified atom stereocenters. The number of fused-ring (bicyclic) bond motifs is 2. The SMILES string of the molecule is COc1ccc(C)c2sc(N(CC3CCCO3)C(=O)c3cc4ccccc4o3)nc12. The highest BCUT2D eigenvalue weighted by Gasteiger charge is 2.29. The number of rotatable bonds is 5. The van der Waals surface area contributed by atoms with Crippen molar-refractivity contribution < 1.29 is 18.7 Å². The first kappa shape index (κ1) is 19.1. The lowest BCUT2D eigenvalue weighted by atomic mass is 10.2. The van der Waals surface area contributed by atoms with E-state index in [2.05, 4.69) is 0 Å². The van der Waals surface area contributed by atoms with E-state index in [1.165, 1.54) is 11.3 Å². The molecule has 0 radical (unpaired) electrons. The molecular formula is C23H22N2O4S. The second-order valence-corrected chi connectivity index (χ2v) is 8.44. The molecule has 1 aliphatic heterocycles. The number of aryl methyl sites for hydroxylation is 1. The van der Waals surface area contributed by atoms with Gasteiger partial charge in [-0.25, -0.2) is 4.98 Å². The van der Waals surface area contributed by atoms with E-state index in [1.54, 1.807) is 18.1 Å². The predicted octanol–water partition coefficient (Wildman–Crippen LogP) is 5.19. The van der Waals surface area contributed by atoms with Crippen molar-refractivity contribution in [1.82, 2.24) is 4.98 Å². The summed E-state index contributed by atoms with van der Waals surface area (Å²) in [5.41, 5.74) is 2.56. The van der Waals surface area contributed by atoms with E-state index in [4.69, 9.17) is 18.9 Å². The number of anilines is 1. The molecule has 1 saturated heterocycles. The lowest BCUT2D eigenvalue weighted by Gasteiger charge is -2.22. The second kappa shape index (κ2) is 7.74. The molecular weight excluding hydrogens is 400 g/mol. The van der Waals surface area contributed by atoms with Crippen molar-refractivity contribution in [2.45, 2.75) is 25.9 Å². The maximum atomic E-state index is 13.5. The number of benzene rings is 2. The Labute approximate surface area is 178 Å². The second-order valence-electron chi connectivity index (χ2n) is 7.46. The molecule has 1 amide bonds. The number of para-hydroxylation sites is 1. The Morgan fingerprint density at radius 2 is 2.17 bits per heavy atom. The number of aromatic nitrogens is 1. The molecule has 154 valence electrons. The summed E-state index contributed by atoms with van der Waals surface area (Å²) in [5, 5.41) is 1.53. The van der Waals surface area contributed by atoms with Gasteiger partial charge >= 0.3 is 0 Å². The first-order valence-electron chi connectivity index (χ1n) is 10.00. The van der Waals surface area contributed by atoms with Crippen LogP contribution in [0, 0.1) is 6.92 Å². The van der Waals surface area contributed by atoms with Crippen LogP contribution in [0.5, 0.6) is 5.75 Å². The van der Waals surface area contributed by atoms with Crippen LogP contribution in [0.3, 0.4) is 0 Å². The summed E-state index contributed by atoms with van der Waals surface area (Å²) in [4.78, 5) is 20.0. The number of furan rings is 1. The summed E-state index contributed by atoms with van der Waals surface area (Å²) in [6.07, 6.45) is 1.93. The van der Waals surface area contributed by atoms with Gasteiger partial charge in [0.2, 0.25) is 0 Å². The fraction of sp³-hybridized carbons (Fsp3) is 0.304. The normalized spacial score (nSPS) is 16.4. The zero-order valence-electron chi connectivity index (χ0n) is 16.9. The van der Waals surface area contributed by atoms with Crippen molar-refractivity contribution in [1.29, 1.82) is 0 Å². The van der Waals surface area contributed by atoms with Crippen molar-refractivity contribution >= 4 is 43.6 Å². The lowest BCUT2D eigenvalue weighted by Crippen LogP contribution is -2.37. The van der Waals surface area contributed by atoms with Gasteiger partial charge in [-0.3, -0.25) is 9.69 Å². The highest BCUT2D eigenvalue weighted by atomic mass is 32.1. The largest absolute Gasteiger partial charge is 0.494 e. The topological polar surface area (TPSA) is 64.8 Å². The van der Waals surface area contributed by atoms with Crippen LogP contribution in [-0.2, 0) is 4.74 Å². The number of amides is 1. The molecule has 1 atom stereocenters. The molecule has 2 aromatic heterocycles. The van der Waals surface area contributed by atoms with E-state index in [9.17, 15) is 4.79 Å². The molecule has 3 heterocycles. The van der Waals surface area contributed by atoms with Crippen LogP contribution in [0.25, 0.3) is 21.2 Å². The molecule has 1 aliphatic rings. The fourth-order valence-corrected chi connectivity index (χ4v) is 4.90. The first-order chi connectivity index (χ1) is 14.6. The van der Waals surface area contributed by atoms with Crippen LogP contribution < -0.4 is 9.64 Å². The molecule has 1 fully saturated rings. The average molecular weight is 423 g/mol. The van der Waals surface area contributed by atoms with Gasteiger partial charge < -0.3 is 13.9 Å². The zero-order valence-corrected chi connectivity index (χ0v) is 17.7. The van der Waals surface area contributed by atoms with Gasteiger partial charge in [0.25, 0.3) is 5.91 Å². The Morgan fingerprint density at radius 3 is 2.93 bits per heavy atom. The predicted molar refractivity (Wildman–Crippen MR) is 118 cm³/mol. The fourth-order valence-electron chi connectivity index (χ4n) is 3.84. The van der Waals surface area contributed by atoms with Crippen LogP contribution in [0.1, 0.15) is 29.0 Å². The van der Waals surface area contributed by atoms with Gasteiger partial charge in [-0.2, -0.15) is 0 Å². The maximum Gasteiger partial charge on any atom is 0.295 e. The molecule has 6 nitrogen and oxygen atoms in total. The van der Waals surface area contributed by atoms with Crippen LogP contribution >= 0.6 is 11.3 Å². The maximum absolute atomic E-state index is 13.5. The molecule has 0 N–H and O–H groups in total. The summed E-state index contributed by atoms with van der Waals surface area (Å²) in [6, 6.07) is 13.3. The van der Waals surface area contributed by atoms with E-state index in [0.29, 0.717) is 28.8 Å². The smallest absolute Gasteiger partial charge is 0.295 e. The Morgan fingerprint density at radius 1 is 1.30 bits per heavy atom. The third-order valence-electron chi connectivity index (χ3n) is 5.43. The van der Waals surface area contributed by atoms with Gasteiger partial charge in [0, 0.05) is 12.0 Å². The molecule has 5 rings (SSSR count). The number of hydrogen-bond acceptors (Lipinski definition) is 6. The summed E-state index contributed by atoms with van der Waals surface area (Å²) in [7, 11) is 1.63. The molecule has 0 spiro atoms. The number of thiazole rings is 1. The number of carbonyl (C=O) groups excluding carboxylic acids is 1. The molecule has 30 heavy (non-hydrogen) atoms. The van der Waals surface area contributed by atoms with E-state index in [1.807, 2.05) is 43.3 Å². The van der Waals surface area contributed by atoms with E-state index in [0.717, 1.165) is 40.6 Å². The number of hydrogen-bond donors (Lipinski definition) is 0. The Bertz CT molecular complexity index is 1190. The number of ether oxygens (including phenoxy) is 2. The van der Waals surface area contributed by atoms with Crippen molar-refractivity contribution in [2.75, 3.05) is 25.2 Å². The lowest BCUT2D eigenvalue weighted by molar-refractivity contribution is 0.0896. The van der Waals surface area contributed by atoms with E-state index in [-0.39, 0.29) is 12.0 Å². The summed E-state index contributed by atoms with van der Waals surface area (Å²) >= 11 is 1.49. The van der Waals surface area contributed by atoms with Crippen LogP contribution in [0.4, 0.5) is 5.13 Å². The highest BCUT2D eigenvalue weighted by Crippen LogP contribution is 2.37. The number of nitrogens with zero attached hydrogens (tertiary/aromatic N) is 2. The van der Waals surface area contributed by atoms with Gasteiger partial charge in [-0.15, -0.1) is 0 Å². The van der Waals surface area contributed by atoms with Gasteiger partial charge in [-0.05, 0) is 43.5 Å². The number of carbonyl (C=O) groups is 1. The third kappa shape index (κ3) is 3.34. The van der Waals surface area contributed by atoms with Crippen molar-refractivity contribution in [3.63, 3.8) is 0 Å². The van der Waals surface area contributed by atoms with E-state index >= 15 is 0 Å². The van der Waals surface area contributed by atoms with Gasteiger partial charge in [0.1, 0.15) is 16.8 Å². The zero-order chi connectivity index (χ0) is 20.7. The molecule has 0 aliphatic carbocycles. The molecule has 0 bridgehead atoms. The van der Waals surface area contributed by atoms with Crippen molar-refractivity contribution in [3.8, 4) is 5.75 Å². The van der Waals surface area contributed by atoms with Crippen molar-refractivity contribution in [2.24, 2.45) is 0 Å². The minimum Gasteiger partial charge on any atom is -0.494 e. The Balaban J connectivity index is 1.58. The van der Waals surface area contributed by atoms with Gasteiger partial charge in [0.05, 0.1) is 24.5 Å². The van der Waals surface area contributed by atoms with Crippen molar-refractivity contribution in [3.05, 3.63) is 53.8 Å². The summed E-state index contributed by atoms with van der Waals surface area (Å²) in [5.74, 6) is 0.792. The molecule has 4 aromatic rings. The van der Waals surface area contributed by atoms with Crippen LogP contribution in [0.2, 0.25) is 0 Å². The van der Waals surface area contributed by atoms with Gasteiger partial charge in [-0.1, -0.05) is 35.6 Å². The summed E-state index contributed by atoms with van der Waals surface area (Å²) < 4.78 is 18.2. The first-order valence-corrected chi connectivity index (χ1v) is 10.8. The average Bonchev–Trinajstić information content (AvgIpc) is 3.51. The summed E-state index contributed by atoms with van der Waals surface area (Å²) in [6.45, 7) is 3.20. The Kier molecular flexibility index (Phi) is 4.92. The minimum atomic E-state index is -0.211. The standard InChI is InChI=1S/C23H22N2O4S/c1-14-9-10-18(27-2)20-21(14)30-23(24-20)25(13-16-7-5-11-28-16)22(26)19-12-15-6-3-4-8-17(15)29-19/h3-4,6,8-10,12,16H,5,7,11,13H2,1-2H3. The van der Waals surface area contributed by atoms with Crippen LogP contribution in [0.15, 0.2) is 46.9 Å². The highest BCUT2D eigenvalue weighted by molar-refractivity contribution is 7.22. The number of methoxy groups -OCH3 is 1. The van der Waals surface area contributed by atoms with Crippen LogP contribution in [-0.4, -0.2) is 37.3 Å². The van der Waals surface area contributed by atoms with Gasteiger partial charge in [0.15, 0.2) is 10.9 Å². The molecule has 2 aromatic carbocycles. The molecule has 7 heteroatoms.